The number of hydrogen-bond donors (Lipinski definition) is 0. The van der Waals surface area contributed by atoms with Crippen LogP contribution in [0, 0.1) is 5.41 Å². The van der Waals surface area contributed by atoms with Gasteiger partial charge in [-0.15, -0.1) is 0 Å². The Morgan fingerprint density at radius 2 is 1.86 bits per heavy atom. The number of esters is 1. The normalized spacial score (nSPS) is 29.4. The van der Waals surface area contributed by atoms with Crippen LogP contribution in [0.15, 0.2) is 0 Å². The van der Waals surface area contributed by atoms with Gasteiger partial charge in [-0.05, 0) is 27.6 Å². The van der Waals surface area contributed by atoms with Gasteiger partial charge in [-0.25, -0.2) is 9.59 Å². The smallest absolute Gasteiger partial charge is 0.413 e. The number of hydrogen-bond acceptors (Lipinski definition) is 5. The maximum Gasteiger partial charge on any atom is 0.413 e. The van der Waals surface area contributed by atoms with Gasteiger partial charge < -0.3 is 14.2 Å². The number of carbonyl (C=O) groups excluding carboxylic acids is 2. The molecule has 0 aromatic heterocycles. The topological polar surface area (TPSA) is 65.1 Å². The van der Waals surface area contributed by atoms with Gasteiger partial charge in [-0.2, -0.15) is 0 Å². The average molecular weight is 304 g/mol. The summed E-state index contributed by atoms with van der Waals surface area (Å²) in [6.07, 6.45) is -1.88. The van der Waals surface area contributed by atoms with E-state index in [9.17, 15) is 9.59 Å². The summed E-state index contributed by atoms with van der Waals surface area (Å²) in [6.45, 7) is 6.97. The van der Waals surface area contributed by atoms with Gasteiger partial charge in [0.1, 0.15) is 11.8 Å². The molecule has 0 unspecified atom stereocenters. The largest absolute Gasteiger partial charge is 0.467 e. The predicted molar refractivity (Wildman–Crippen MR) is 77.7 cm³/mol. The molecule has 21 heavy (non-hydrogen) atoms. The Labute approximate surface area is 130 Å². The molecule has 0 bridgehead atoms. The summed E-state index contributed by atoms with van der Waals surface area (Å²) < 4.78 is 39.2. The van der Waals surface area contributed by atoms with Crippen molar-refractivity contribution in [3.63, 3.8) is 0 Å². The molecule has 1 aliphatic heterocycles. The number of methoxy groups -OCH3 is 1. The molecular weight excluding hydrogens is 274 g/mol. The Bertz CT molecular complexity index is 507. The lowest BCUT2D eigenvalue weighted by atomic mass is 9.91. The second-order valence-corrected chi connectivity index (χ2v) is 7.23. The minimum atomic E-state index is -2.85. The van der Waals surface area contributed by atoms with Crippen LogP contribution in [-0.2, 0) is 19.0 Å². The standard InChI is InChI=1S/C15H27NO5/c1-13(2,3)10-16(12(18)21-14(4,5)6)15(7,9-20-10)11(17)19-8/h10H,9H2,1-8H3/t10-,15+/m0/s1/i7D3. The number of carbonyl (C=O) groups is 2. The van der Waals surface area contributed by atoms with Crippen molar-refractivity contribution in [3.8, 4) is 0 Å². The van der Waals surface area contributed by atoms with Crippen LogP contribution in [0.2, 0.25) is 0 Å². The van der Waals surface area contributed by atoms with Crippen LogP contribution >= 0.6 is 0 Å². The second-order valence-electron chi connectivity index (χ2n) is 7.23. The van der Waals surface area contributed by atoms with E-state index in [-0.39, 0.29) is 0 Å². The molecule has 2 atom stereocenters. The fourth-order valence-electron chi connectivity index (χ4n) is 2.07. The van der Waals surface area contributed by atoms with E-state index in [1.807, 2.05) is 0 Å². The summed E-state index contributed by atoms with van der Waals surface area (Å²) in [4.78, 5) is 26.1. The minimum absolute atomic E-state index is 0.489. The van der Waals surface area contributed by atoms with Crippen LogP contribution in [0.25, 0.3) is 0 Å². The summed E-state index contributed by atoms with van der Waals surface area (Å²) >= 11 is 0. The van der Waals surface area contributed by atoms with Crippen LogP contribution in [0.5, 0.6) is 0 Å². The Morgan fingerprint density at radius 3 is 2.24 bits per heavy atom. The maximum atomic E-state index is 12.8. The molecule has 1 amide bonds. The zero-order valence-electron chi connectivity index (χ0n) is 16.8. The third-order valence-electron chi connectivity index (χ3n) is 2.95. The van der Waals surface area contributed by atoms with E-state index in [0.717, 1.165) is 12.0 Å². The molecule has 1 rings (SSSR count). The van der Waals surface area contributed by atoms with Crippen molar-refractivity contribution in [1.29, 1.82) is 0 Å². The molecule has 0 aromatic rings. The molecule has 0 aliphatic carbocycles. The van der Waals surface area contributed by atoms with Crippen LogP contribution in [0.1, 0.15) is 52.5 Å². The van der Waals surface area contributed by atoms with Crippen molar-refractivity contribution >= 4 is 12.1 Å². The quantitative estimate of drug-likeness (QED) is 0.697. The van der Waals surface area contributed by atoms with Gasteiger partial charge in [0.25, 0.3) is 0 Å². The Kier molecular flexibility index (Phi) is 3.49. The van der Waals surface area contributed by atoms with Crippen molar-refractivity contribution in [1.82, 2.24) is 4.90 Å². The fourth-order valence-corrected chi connectivity index (χ4v) is 2.07. The number of ether oxygens (including phenoxy) is 3. The van der Waals surface area contributed by atoms with E-state index in [1.165, 1.54) is 0 Å². The molecule has 1 aliphatic rings. The van der Waals surface area contributed by atoms with Gasteiger partial charge in [-0.3, -0.25) is 4.90 Å². The van der Waals surface area contributed by atoms with Gasteiger partial charge in [-0.1, -0.05) is 20.8 Å². The van der Waals surface area contributed by atoms with Gasteiger partial charge in [0.05, 0.1) is 13.7 Å². The van der Waals surface area contributed by atoms with E-state index in [1.54, 1.807) is 41.5 Å². The lowest BCUT2D eigenvalue weighted by molar-refractivity contribution is -0.153. The molecule has 6 heteroatoms. The number of amides is 1. The Balaban J connectivity index is 3.51. The zero-order valence-corrected chi connectivity index (χ0v) is 13.8. The minimum Gasteiger partial charge on any atom is -0.467 e. The summed E-state index contributed by atoms with van der Waals surface area (Å²) in [5.74, 6) is -1.06. The highest BCUT2D eigenvalue weighted by atomic mass is 16.6. The molecule has 1 heterocycles. The molecule has 0 saturated carbocycles. The lowest BCUT2D eigenvalue weighted by Crippen LogP contribution is -2.58. The van der Waals surface area contributed by atoms with E-state index >= 15 is 0 Å². The molecule has 122 valence electrons. The summed E-state index contributed by atoms with van der Waals surface area (Å²) in [5.41, 5.74) is -3.75. The maximum absolute atomic E-state index is 12.8. The third-order valence-corrected chi connectivity index (χ3v) is 2.95. The fraction of sp³-hybridized carbons (Fsp3) is 0.867. The first-order valence-corrected chi connectivity index (χ1v) is 6.80. The molecular formula is C15H27NO5. The molecule has 6 nitrogen and oxygen atoms in total. The van der Waals surface area contributed by atoms with Crippen molar-refractivity contribution in [2.24, 2.45) is 5.41 Å². The Morgan fingerprint density at radius 1 is 1.29 bits per heavy atom. The SMILES string of the molecule is [2H]C([2H])([2H])[C@]1(C(=O)OC)CO[C@@H](C(C)(C)C)N1C(=O)OC(C)(C)C. The summed E-state index contributed by atoms with van der Waals surface area (Å²) in [5, 5.41) is 0. The van der Waals surface area contributed by atoms with Crippen LogP contribution in [0.3, 0.4) is 0 Å². The highest BCUT2D eigenvalue weighted by Crippen LogP contribution is 2.38. The zero-order chi connectivity index (χ0) is 19.1. The highest BCUT2D eigenvalue weighted by molar-refractivity contribution is 5.86. The first-order valence-electron chi connectivity index (χ1n) is 8.30. The summed E-state index contributed by atoms with van der Waals surface area (Å²) in [6, 6.07) is 0. The van der Waals surface area contributed by atoms with Crippen molar-refractivity contribution in [3.05, 3.63) is 0 Å². The molecule has 0 spiro atoms. The average Bonchev–Trinajstić information content (AvgIpc) is 2.76. The van der Waals surface area contributed by atoms with E-state index in [0.29, 0.717) is 0 Å². The molecule has 1 saturated heterocycles. The first-order chi connectivity index (χ1) is 10.6. The van der Waals surface area contributed by atoms with Crippen molar-refractivity contribution < 1.29 is 27.9 Å². The lowest BCUT2D eigenvalue weighted by Gasteiger charge is -2.39. The van der Waals surface area contributed by atoms with Crippen LogP contribution < -0.4 is 0 Å². The molecule has 1 fully saturated rings. The molecule has 0 N–H and O–H groups in total. The van der Waals surface area contributed by atoms with E-state index in [4.69, 9.17) is 18.3 Å². The van der Waals surface area contributed by atoms with E-state index < -0.39 is 48.3 Å². The van der Waals surface area contributed by atoms with Gasteiger partial charge in [0.2, 0.25) is 0 Å². The van der Waals surface area contributed by atoms with E-state index in [2.05, 4.69) is 0 Å². The van der Waals surface area contributed by atoms with Crippen molar-refractivity contribution in [2.75, 3.05) is 13.7 Å². The van der Waals surface area contributed by atoms with Gasteiger partial charge in [0.15, 0.2) is 5.54 Å². The van der Waals surface area contributed by atoms with Crippen LogP contribution in [-0.4, -0.2) is 48.0 Å². The molecule has 0 radical (unpaired) electrons. The second kappa shape index (κ2) is 5.48. The number of rotatable bonds is 1. The van der Waals surface area contributed by atoms with Crippen LogP contribution in [0.4, 0.5) is 4.79 Å². The van der Waals surface area contributed by atoms with Crippen molar-refractivity contribution in [2.45, 2.75) is 65.8 Å². The number of nitrogens with zero attached hydrogens (tertiary/aromatic N) is 1. The third kappa shape index (κ3) is 3.67. The Hall–Kier alpha value is -1.30. The van der Waals surface area contributed by atoms with Gasteiger partial charge in [0, 0.05) is 9.53 Å². The molecule has 0 aromatic carbocycles. The summed E-state index contributed by atoms with van der Waals surface area (Å²) in [7, 11) is 1.08. The van der Waals surface area contributed by atoms with Gasteiger partial charge >= 0.3 is 12.1 Å². The first kappa shape index (κ1) is 13.4. The highest BCUT2D eigenvalue weighted by Gasteiger charge is 2.57. The predicted octanol–water partition coefficient (Wildman–Crippen LogP) is 2.56. The monoisotopic (exact) mass is 304 g/mol.